The number of hydrogen-bond donors (Lipinski definition) is 1. The van der Waals surface area contributed by atoms with Crippen molar-refractivity contribution in [3.63, 3.8) is 0 Å². The summed E-state index contributed by atoms with van der Waals surface area (Å²) in [5.41, 5.74) is 2.28. The Morgan fingerprint density at radius 3 is 2.83 bits per heavy atom. The van der Waals surface area contributed by atoms with Crippen molar-refractivity contribution in [1.29, 1.82) is 5.26 Å². The van der Waals surface area contributed by atoms with Gasteiger partial charge in [0.2, 0.25) is 0 Å². The molecular weight excluding hydrogens is 233 g/mol. The van der Waals surface area contributed by atoms with Crippen LogP contribution in [0.1, 0.15) is 11.3 Å². The summed E-state index contributed by atoms with van der Waals surface area (Å²) in [5.74, 6) is -0.271. The minimum absolute atomic E-state index is 0.0697. The average Bonchev–Trinajstić information content (AvgIpc) is 2.76. The second-order valence-corrected chi connectivity index (χ2v) is 3.94. The van der Waals surface area contributed by atoms with E-state index in [0.717, 1.165) is 5.56 Å². The first-order chi connectivity index (χ1) is 8.65. The molecular formula is C13H12FN3O. The van der Waals surface area contributed by atoms with Crippen molar-refractivity contribution < 1.29 is 9.50 Å². The molecule has 5 heteroatoms. The highest BCUT2D eigenvalue weighted by molar-refractivity contribution is 5.62. The van der Waals surface area contributed by atoms with E-state index in [2.05, 4.69) is 5.10 Å². The molecule has 1 aromatic heterocycles. The number of nitriles is 1. The molecule has 1 aromatic carbocycles. The second-order valence-electron chi connectivity index (χ2n) is 3.94. The molecule has 0 spiro atoms. The lowest BCUT2D eigenvalue weighted by atomic mass is 10.1. The SMILES string of the molecule is Cc1cc(-c2cc(C#N)nn2CCO)ccc1F. The average molecular weight is 245 g/mol. The number of hydrogen-bond acceptors (Lipinski definition) is 3. The molecule has 1 N–H and O–H groups in total. The van der Waals surface area contributed by atoms with E-state index >= 15 is 0 Å². The van der Waals surface area contributed by atoms with E-state index < -0.39 is 0 Å². The monoisotopic (exact) mass is 245 g/mol. The van der Waals surface area contributed by atoms with Crippen molar-refractivity contribution in [3.05, 3.63) is 41.3 Å². The minimum Gasteiger partial charge on any atom is -0.394 e. The van der Waals surface area contributed by atoms with Gasteiger partial charge in [-0.25, -0.2) is 4.39 Å². The Balaban J connectivity index is 2.51. The number of aromatic nitrogens is 2. The number of aliphatic hydroxyl groups excluding tert-OH is 1. The van der Waals surface area contributed by atoms with Crippen molar-refractivity contribution in [1.82, 2.24) is 9.78 Å². The first kappa shape index (κ1) is 12.3. The number of aliphatic hydroxyl groups is 1. The van der Waals surface area contributed by atoms with E-state index in [1.807, 2.05) is 6.07 Å². The molecule has 0 amide bonds. The summed E-state index contributed by atoms with van der Waals surface area (Å²) in [4.78, 5) is 0. The zero-order valence-electron chi connectivity index (χ0n) is 9.89. The van der Waals surface area contributed by atoms with Crippen molar-refractivity contribution in [3.8, 4) is 17.3 Å². The Bertz CT molecular complexity index is 613. The van der Waals surface area contributed by atoms with Crippen LogP contribution in [0.5, 0.6) is 0 Å². The first-order valence-electron chi connectivity index (χ1n) is 5.51. The van der Waals surface area contributed by atoms with Crippen LogP contribution < -0.4 is 0 Å². The third-order valence-electron chi connectivity index (χ3n) is 2.66. The largest absolute Gasteiger partial charge is 0.394 e. The Hall–Kier alpha value is -2.19. The molecule has 0 radical (unpaired) electrons. The Labute approximate surface area is 104 Å². The van der Waals surface area contributed by atoms with Crippen LogP contribution in [0.15, 0.2) is 24.3 Å². The molecule has 1 heterocycles. The van der Waals surface area contributed by atoms with Crippen LogP contribution in [0.2, 0.25) is 0 Å². The van der Waals surface area contributed by atoms with Gasteiger partial charge in [0.05, 0.1) is 18.8 Å². The third kappa shape index (κ3) is 2.24. The van der Waals surface area contributed by atoms with Crippen LogP contribution in [0.25, 0.3) is 11.3 Å². The molecule has 0 aliphatic rings. The van der Waals surface area contributed by atoms with Gasteiger partial charge in [-0.05, 0) is 30.7 Å². The van der Waals surface area contributed by atoms with Gasteiger partial charge in [-0.3, -0.25) is 4.68 Å². The van der Waals surface area contributed by atoms with Crippen LogP contribution in [0.3, 0.4) is 0 Å². The van der Waals surface area contributed by atoms with Gasteiger partial charge in [0.25, 0.3) is 0 Å². The summed E-state index contributed by atoms with van der Waals surface area (Å²) in [6.45, 7) is 1.91. The normalized spacial score (nSPS) is 10.3. The fraction of sp³-hybridized carbons (Fsp3) is 0.231. The lowest BCUT2D eigenvalue weighted by molar-refractivity contribution is 0.270. The predicted octanol–water partition coefficient (Wildman–Crippen LogP) is 1.86. The highest BCUT2D eigenvalue weighted by Crippen LogP contribution is 2.22. The molecule has 0 aliphatic heterocycles. The molecule has 0 saturated carbocycles. The maximum absolute atomic E-state index is 13.2. The van der Waals surface area contributed by atoms with Crippen LogP contribution in [0.4, 0.5) is 4.39 Å². The zero-order valence-corrected chi connectivity index (χ0v) is 9.89. The van der Waals surface area contributed by atoms with Gasteiger partial charge in [0.15, 0.2) is 5.69 Å². The second kappa shape index (κ2) is 4.98. The van der Waals surface area contributed by atoms with Crippen LogP contribution >= 0.6 is 0 Å². The Morgan fingerprint density at radius 1 is 1.44 bits per heavy atom. The number of benzene rings is 1. The molecule has 2 aromatic rings. The summed E-state index contributed by atoms with van der Waals surface area (Å²) in [7, 11) is 0. The highest BCUT2D eigenvalue weighted by atomic mass is 19.1. The molecule has 18 heavy (non-hydrogen) atoms. The van der Waals surface area contributed by atoms with Gasteiger partial charge in [0.1, 0.15) is 11.9 Å². The van der Waals surface area contributed by atoms with E-state index in [1.54, 1.807) is 29.8 Å². The number of nitrogens with zero attached hydrogens (tertiary/aromatic N) is 3. The van der Waals surface area contributed by atoms with Crippen LogP contribution in [-0.2, 0) is 6.54 Å². The van der Waals surface area contributed by atoms with Crippen molar-refractivity contribution >= 4 is 0 Å². The van der Waals surface area contributed by atoms with E-state index in [-0.39, 0.29) is 18.1 Å². The topological polar surface area (TPSA) is 61.8 Å². The lowest BCUT2D eigenvalue weighted by Gasteiger charge is -2.06. The number of rotatable bonds is 3. The zero-order chi connectivity index (χ0) is 13.1. The quantitative estimate of drug-likeness (QED) is 0.897. The summed E-state index contributed by atoms with van der Waals surface area (Å²) in [6.07, 6.45) is 0. The molecule has 0 atom stereocenters. The summed E-state index contributed by atoms with van der Waals surface area (Å²) in [6, 6.07) is 8.29. The summed E-state index contributed by atoms with van der Waals surface area (Å²) in [5, 5.41) is 21.9. The van der Waals surface area contributed by atoms with Gasteiger partial charge in [-0.15, -0.1) is 0 Å². The van der Waals surface area contributed by atoms with Crippen LogP contribution in [0, 0.1) is 24.1 Å². The molecule has 0 unspecified atom stereocenters. The summed E-state index contributed by atoms with van der Waals surface area (Å²) >= 11 is 0. The summed E-state index contributed by atoms with van der Waals surface area (Å²) < 4.78 is 14.8. The maximum atomic E-state index is 13.2. The molecule has 0 fully saturated rings. The minimum atomic E-state index is -0.271. The molecule has 0 bridgehead atoms. The predicted molar refractivity (Wildman–Crippen MR) is 64.2 cm³/mol. The van der Waals surface area contributed by atoms with Gasteiger partial charge >= 0.3 is 0 Å². The fourth-order valence-corrected chi connectivity index (χ4v) is 1.77. The third-order valence-corrected chi connectivity index (χ3v) is 2.66. The Kier molecular flexibility index (Phi) is 3.40. The van der Waals surface area contributed by atoms with E-state index in [9.17, 15) is 4.39 Å². The van der Waals surface area contributed by atoms with Gasteiger partial charge in [-0.1, -0.05) is 0 Å². The number of halogens is 1. The smallest absolute Gasteiger partial charge is 0.163 e. The van der Waals surface area contributed by atoms with E-state index in [1.165, 1.54) is 6.07 Å². The molecule has 92 valence electrons. The van der Waals surface area contributed by atoms with Crippen LogP contribution in [-0.4, -0.2) is 21.5 Å². The van der Waals surface area contributed by atoms with Gasteiger partial charge in [0, 0.05) is 11.6 Å². The van der Waals surface area contributed by atoms with Crippen molar-refractivity contribution in [2.75, 3.05) is 6.61 Å². The maximum Gasteiger partial charge on any atom is 0.163 e. The lowest BCUT2D eigenvalue weighted by Crippen LogP contribution is -2.06. The number of aryl methyl sites for hydroxylation is 1. The fourth-order valence-electron chi connectivity index (χ4n) is 1.77. The molecule has 0 saturated heterocycles. The van der Waals surface area contributed by atoms with E-state index in [4.69, 9.17) is 10.4 Å². The van der Waals surface area contributed by atoms with Crippen molar-refractivity contribution in [2.24, 2.45) is 0 Å². The van der Waals surface area contributed by atoms with E-state index in [0.29, 0.717) is 17.8 Å². The highest BCUT2D eigenvalue weighted by Gasteiger charge is 2.10. The molecule has 0 aliphatic carbocycles. The first-order valence-corrected chi connectivity index (χ1v) is 5.51. The van der Waals surface area contributed by atoms with Crippen molar-refractivity contribution in [2.45, 2.75) is 13.5 Å². The Morgan fingerprint density at radius 2 is 2.22 bits per heavy atom. The van der Waals surface area contributed by atoms with Gasteiger partial charge in [-0.2, -0.15) is 10.4 Å². The van der Waals surface area contributed by atoms with Gasteiger partial charge < -0.3 is 5.11 Å². The molecule has 4 nitrogen and oxygen atoms in total. The standard InChI is InChI=1S/C13H12FN3O/c1-9-6-10(2-3-12(9)14)13-7-11(8-15)16-17(13)4-5-18/h2-3,6-7,18H,4-5H2,1H3. The molecule has 2 rings (SSSR count).